The van der Waals surface area contributed by atoms with E-state index in [-0.39, 0.29) is 0 Å². The molecule has 390 valence electrons. The van der Waals surface area contributed by atoms with Crippen molar-refractivity contribution in [3.63, 3.8) is 0 Å². The first-order chi connectivity index (χ1) is 38.8. The molecule has 0 unspecified atom stereocenters. The van der Waals surface area contributed by atoms with Gasteiger partial charge in [0.1, 0.15) is 0 Å². The largest absolute Gasteiger partial charge is 0.0616 e. The third-order valence-corrected chi connectivity index (χ3v) is 16.7. The van der Waals surface area contributed by atoms with Crippen LogP contribution in [0.3, 0.4) is 0 Å². The second kappa shape index (κ2) is 22.7. The minimum absolute atomic E-state index is 1.32. The van der Waals surface area contributed by atoms with Gasteiger partial charge in [-0.25, -0.2) is 0 Å². The Kier molecular flexibility index (Phi) is 15.0. The Morgan fingerprint density at radius 1 is 0.150 bits per heavy atom. The SMILES string of the molecule is Cc1c2ccccc2c(C)c2ccccc12.Cc1cc(C)c2cc3ccccc3cc2c1.Cc1cc2cc3ccccc3cc2cc1C.Cc1ccc(C)c2cc3ccccc3cc12.Cc1ccc2cc3ccccc3cc2c1C. The van der Waals surface area contributed by atoms with E-state index in [0.29, 0.717) is 0 Å². The van der Waals surface area contributed by atoms with Crippen LogP contribution in [0.1, 0.15) is 55.6 Å². The Hall–Kier alpha value is -9.10. The lowest BCUT2D eigenvalue weighted by Crippen LogP contribution is -1.87. The first-order valence-corrected chi connectivity index (χ1v) is 28.2. The number of hydrogen-bond donors (Lipinski definition) is 0. The van der Waals surface area contributed by atoms with Crippen molar-refractivity contribution in [3.8, 4) is 0 Å². The van der Waals surface area contributed by atoms with Crippen LogP contribution in [0, 0.1) is 69.2 Å². The molecular formula is C80H70. The summed E-state index contributed by atoms with van der Waals surface area (Å²) in [6.07, 6.45) is 0. The number of aryl methyl sites for hydroxylation is 10. The highest BCUT2D eigenvalue weighted by atomic mass is 14.1. The van der Waals surface area contributed by atoms with Crippen LogP contribution in [0.5, 0.6) is 0 Å². The van der Waals surface area contributed by atoms with Crippen LogP contribution in [-0.4, -0.2) is 0 Å². The monoisotopic (exact) mass is 1030 g/mol. The number of rotatable bonds is 0. The molecule has 0 saturated carbocycles. The van der Waals surface area contributed by atoms with Crippen LogP contribution in [0.2, 0.25) is 0 Å². The predicted molar refractivity (Wildman–Crippen MR) is 355 cm³/mol. The number of benzene rings is 15. The van der Waals surface area contributed by atoms with Gasteiger partial charge in [-0.1, -0.05) is 200 Å². The van der Waals surface area contributed by atoms with Crippen molar-refractivity contribution in [1.29, 1.82) is 0 Å². The molecule has 0 aromatic heterocycles. The zero-order chi connectivity index (χ0) is 55.6. The summed E-state index contributed by atoms with van der Waals surface area (Å²) in [7, 11) is 0. The smallest absolute Gasteiger partial charge is 0.0146 e. The molecule has 0 bridgehead atoms. The summed E-state index contributed by atoms with van der Waals surface area (Å²) in [4.78, 5) is 0. The van der Waals surface area contributed by atoms with Gasteiger partial charge < -0.3 is 0 Å². The van der Waals surface area contributed by atoms with Gasteiger partial charge in [-0.3, -0.25) is 0 Å². The van der Waals surface area contributed by atoms with E-state index < -0.39 is 0 Å². The molecule has 0 heteroatoms. The molecule has 0 aliphatic rings. The van der Waals surface area contributed by atoms with Crippen LogP contribution in [0.25, 0.3) is 108 Å². The third-order valence-electron chi connectivity index (χ3n) is 16.7. The first-order valence-electron chi connectivity index (χ1n) is 28.2. The molecule has 80 heavy (non-hydrogen) atoms. The van der Waals surface area contributed by atoms with E-state index in [2.05, 4.69) is 312 Å². The van der Waals surface area contributed by atoms with E-state index in [1.807, 2.05) is 0 Å². The van der Waals surface area contributed by atoms with Crippen molar-refractivity contribution in [1.82, 2.24) is 0 Å². The van der Waals surface area contributed by atoms with Crippen molar-refractivity contribution < 1.29 is 0 Å². The summed E-state index contributed by atoms with van der Waals surface area (Å²) < 4.78 is 0. The Morgan fingerprint density at radius 3 is 0.863 bits per heavy atom. The van der Waals surface area contributed by atoms with E-state index in [1.165, 1.54) is 163 Å². The van der Waals surface area contributed by atoms with Gasteiger partial charge in [-0.05, 0) is 276 Å². The normalized spacial score (nSPS) is 11.1. The maximum Gasteiger partial charge on any atom is -0.0146 e. The van der Waals surface area contributed by atoms with E-state index in [4.69, 9.17) is 0 Å². The predicted octanol–water partition coefficient (Wildman–Crippen LogP) is 23.0. The van der Waals surface area contributed by atoms with Gasteiger partial charge in [0.15, 0.2) is 0 Å². The van der Waals surface area contributed by atoms with E-state index >= 15 is 0 Å². The summed E-state index contributed by atoms with van der Waals surface area (Å²) in [6.45, 7) is 21.8. The highest BCUT2D eigenvalue weighted by Gasteiger charge is 2.08. The van der Waals surface area contributed by atoms with Gasteiger partial charge in [-0.2, -0.15) is 0 Å². The Balaban J connectivity index is 0.000000105. The quantitative estimate of drug-likeness (QED) is 0.133. The average molecular weight is 1030 g/mol. The van der Waals surface area contributed by atoms with E-state index in [9.17, 15) is 0 Å². The van der Waals surface area contributed by atoms with Crippen LogP contribution in [-0.2, 0) is 0 Å². The Bertz CT molecular complexity index is 4530. The van der Waals surface area contributed by atoms with E-state index in [1.54, 1.807) is 0 Å². The second-order valence-electron chi connectivity index (χ2n) is 22.2. The lowest BCUT2D eigenvalue weighted by atomic mass is 9.93. The van der Waals surface area contributed by atoms with Crippen molar-refractivity contribution >= 4 is 108 Å². The minimum Gasteiger partial charge on any atom is -0.0616 e. The summed E-state index contributed by atoms with van der Waals surface area (Å²) >= 11 is 0. The van der Waals surface area contributed by atoms with Gasteiger partial charge in [0.05, 0.1) is 0 Å². The molecule has 0 saturated heterocycles. The Morgan fingerprint density at radius 2 is 0.463 bits per heavy atom. The van der Waals surface area contributed by atoms with Gasteiger partial charge in [0.25, 0.3) is 0 Å². The highest BCUT2D eigenvalue weighted by molar-refractivity contribution is 6.06. The third kappa shape index (κ3) is 10.9. The van der Waals surface area contributed by atoms with E-state index in [0.717, 1.165) is 0 Å². The fraction of sp³-hybridized carbons (Fsp3) is 0.125. The number of fused-ring (bicyclic) bond motifs is 10. The molecule has 15 aromatic rings. The van der Waals surface area contributed by atoms with Crippen molar-refractivity contribution in [2.75, 3.05) is 0 Å². The molecule has 0 atom stereocenters. The van der Waals surface area contributed by atoms with Crippen LogP contribution < -0.4 is 0 Å². The fourth-order valence-electron chi connectivity index (χ4n) is 11.8. The molecule has 0 heterocycles. The molecular weight excluding hydrogens is 961 g/mol. The lowest BCUT2D eigenvalue weighted by molar-refractivity contribution is 1.37. The molecule has 0 spiro atoms. The highest BCUT2D eigenvalue weighted by Crippen LogP contribution is 2.33. The van der Waals surface area contributed by atoms with Gasteiger partial charge in [0.2, 0.25) is 0 Å². The Labute approximate surface area is 472 Å². The molecule has 15 rings (SSSR count). The standard InChI is InChI=1S/5C16H14/c1-11-13-7-3-5-9-15(13)12(2)16-10-6-4-8-14(11)16;1-11-7-15-9-13-5-3-4-6-14(13)10-16(15)8-12(11)2;1-11-7-12(2)16-10-14-6-4-3-5-13(14)9-15(16)8-11;1-11-7-8-15-9-13-5-3-4-6-14(13)10-16(15)12(11)2;1-11-7-8-12(2)16-10-14-6-4-3-5-13(14)9-15(11)16/h5*3-10H,1-2H3. The van der Waals surface area contributed by atoms with Crippen LogP contribution >= 0.6 is 0 Å². The maximum absolute atomic E-state index is 2.30. The average Bonchev–Trinajstić information content (AvgIpc) is 3.50. The van der Waals surface area contributed by atoms with Crippen molar-refractivity contribution in [2.45, 2.75) is 69.2 Å². The minimum atomic E-state index is 1.32. The summed E-state index contributed by atoms with van der Waals surface area (Å²) in [5.41, 5.74) is 13.7. The van der Waals surface area contributed by atoms with Crippen molar-refractivity contribution in [2.24, 2.45) is 0 Å². The first kappa shape index (κ1) is 52.9. The van der Waals surface area contributed by atoms with Crippen molar-refractivity contribution in [3.05, 3.63) is 298 Å². The molecule has 0 radical (unpaired) electrons. The van der Waals surface area contributed by atoms with Gasteiger partial charge in [-0.15, -0.1) is 0 Å². The molecule has 0 N–H and O–H groups in total. The topological polar surface area (TPSA) is 0 Å². The van der Waals surface area contributed by atoms with Crippen LogP contribution in [0.4, 0.5) is 0 Å². The molecule has 0 amide bonds. The molecule has 0 fully saturated rings. The lowest BCUT2D eigenvalue weighted by Gasteiger charge is -2.11. The van der Waals surface area contributed by atoms with Crippen LogP contribution in [0.15, 0.2) is 243 Å². The zero-order valence-corrected chi connectivity index (χ0v) is 48.1. The summed E-state index contributed by atoms with van der Waals surface area (Å²) in [5.74, 6) is 0. The van der Waals surface area contributed by atoms with Gasteiger partial charge >= 0.3 is 0 Å². The molecule has 0 aliphatic carbocycles. The number of hydrogen-bond acceptors (Lipinski definition) is 0. The molecule has 0 aliphatic heterocycles. The zero-order valence-electron chi connectivity index (χ0n) is 48.1. The fourth-order valence-corrected chi connectivity index (χ4v) is 11.8. The maximum atomic E-state index is 2.30. The molecule has 0 nitrogen and oxygen atoms in total. The summed E-state index contributed by atoms with van der Waals surface area (Å²) in [5, 5.41) is 26.9. The van der Waals surface area contributed by atoms with Gasteiger partial charge in [0, 0.05) is 0 Å². The summed E-state index contributed by atoms with van der Waals surface area (Å²) in [6, 6.07) is 87.6. The second-order valence-corrected chi connectivity index (χ2v) is 22.2. The molecule has 15 aromatic carbocycles.